The van der Waals surface area contributed by atoms with Crippen molar-refractivity contribution in [3.8, 4) is 0 Å². The Labute approximate surface area is 134 Å². The maximum atomic E-state index is 12.3. The second-order valence-corrected chi connectivity index (χ2v) is 5.41. The fourth-order valence-corrected chi connectivity index (χ4v) is 2.50. The summed E-state index contributed by atoms with van der Waals surface area (Å²) in [6, 6.07) is 11.5. The first-order chi connectivity index (χ1) is 11.3. The van der Waals surface area contributed by atoms with Crippen LogP contribution in [0.15, 0.2) is 48.8 Å². The fourth-order valence-electron chi connectivity index (χ4n) is 2.50. The predicted octanol–water partition coefficient (Wildman–Crippen LogP) is 1.58. The van der Waals surface area contributed by atoms with Crippen molar-refractivity contribution < 1.29 is 14.3 Å². The van der Waals surface area contributed by atoms with Crippen molar-refractivity contribution >= 4 is 5.91 Å². The molecule has 6 nitrogen and oxygen atoms in total. The van der Waals surface area contributed by atoms with Gasteiger partial charge in [-0.3, -0.25) is 4.79 Å². The van der Waals surface area contributed by atoms with Gasteiger partial charge in [0, 0.05) is 6.61 Å². The van der Waals surface area contributed by atoms with Gasteiger partial charge in [-0.1, -0.05) is 30.3 Å². The Morgan fingerprint density at radius 3 is 2.91 bits per heavy atom. The molecule has 0 aliphatic carbocycles. The molecule has 6 heteroatoms. The van der Waals surface area contributed by atoms with Gasteiger partial charge in [0.25, 0.3) is 5.91 Å². The molecule has 3 rings (SSSR count). The molecule has 1 aromatic heterocycles. The molecular weight excluding hydrogens is 294 g/mol. The Morgan fingerprint density at radius 2 is 2.13 bits per heavy atom. The van der Waals surface area contributed by atoms with Crippen LogP contribution in [0, 0.1) is 0 Å². The van der Waals surface area contributed by atoms with Crippen molar-refractivity contribution in [1.82, 2.24) is 15.5 Å². The number of amides is 1. The molecule has 2 atom stereocenters. The van der Waals surface area contributed by atoms with E-state index in [9.17, 15) is 4.79 Å². The van der Waals surface area contributed by atoms with E-state index in [4.69, 9.17) is 9.47 Å². The van der Waals surface area contributed by atoms with E-state index in [2.05, 4.69) is 15.5 Å². The standard InChI is InChI=1S/C17H19N3O3/c21-17(14-6-8-18-19-10-14)20-15-7-9-22-12-16(15)23-11-13-4-2-1-3-5-13/h1-6,8,10,15-16H,7,9,11-12H2,(H,20,21)/t15-,16-/m1/s1. The van der Waals surface area contributed by atoms with Crippen LogP contribution in [0.5, 0.6) is 0 Å². The van der Waals surface area contributed by atoms with Gasteiger partial charge in [-0.05, 0) is 18.1 Å². The van der Waals surface area contributed by atoms with Crippen LogP contribution in [0.4, 0.5) is 0 Å². The summed E-state index contributed by atoms with van der Waals surface area (Å²) in [6.45, 7) is 1.59. The fraction of sp³-hybridized carbons (Fsp3) is 0.353. The average Bonchev–Trinajstić information content (AvgIpc) is 2.62. The van der Waals surface area contributed by atoms with E-state index < -0.39 is 0 Å². The van der Waals surface area contributed by atoms with Crippen molar-refractivity contribution in [3.63, 3.8) is 0 Å². The van der Waals surface area contributed by atoms with E-state index in [1.807, 2.05) is 30.3 Å². The molecule has 0 bridgehead atoms. The average molecular weight is 313 g/mol. The van der Waals surface area contributed by atoms with Crippen molar-refractivity contribution in [2.75, 3.05) is 13.2 Å². The first-order valence-corrected chi connectivity index (χ1v) is 7.64. The van der Waals surface area contributed by atoms with E-state index in [-0.39, 0.29) is 18.1 Å². The quantitative estimate of drug-likeness (QED) is 0.907. The molecular formula is C17H19N3O3. The summed E-state index contributed by atoms with van der Waals surface area (Å²) in [5.74, 6) is -0.167. The van der Waals surface area contributed by atoms with Crippen molar-refractivity contribution in [1.29, 1.82) is 0 Å². The minimum absolute atomic E-state index is 0.0758. The summed E-state index contributed by atoms with van der Waals surface area (Å²) in [4.78, 5) is 12.3. The van der Waals surface area contributed by atoms with Gasteiger partial charge < -0.3 is 14.8 Å². The summed E-state index contributed by atoms with van der Waals surface area (Å²) in [5, 5.41) is 10.4. The highest BCUT2D eigenvalue weighted by Gasteiger charge is 2.28. The topological polar surface area (TPSA) is 73.3 Å². The van der Waals surface area contributed by atoms with Crippen LogP contribution in [0.3, 0.4) is 0 Å². The lowest BCUT2D eigenvalue weighted by molar-refractivity contribution is -0.0736. The zero-order valence-electron chi connectivity index (χ0n) is 12.7. The van der Waals surface area contributed by atoms with Gasteiger partial charge >= 0.3 is 0 Å². The van der Waals surface area contributed by atoms with Crippen LogP contribution >= 0.6 is 0 Å². The van der Waals surface area contributed by atoms with Gasteiger partial charge in [0.2, 0.25) is 0 Å². The van der Waals surface area contributed by atoms with Crippen molar-refractivity contribution in [3.05, 3.63) is 59.9 Å². The van der Waals surface area contributed by atoms with Gasteiger partial charge in [-0.2, -0.15) is 10.2 Å². The third-order valence-electron chi connectivity index (χ3n) is 3.77. The van der Waals surface area contributed by atoms with Crippen LogP contribution in [0.2, 0.25) is 0 Å². The lowest BCUT2D eigenvalue weighted by Gasteiger charge is -2.32. The molecule has 120 valence electrons. The SMILES string of the molecule is O=C(N[C@@H]1CCOC[C@H]1OCc1ccccc1)c1ccnnc1. The molecule has 2 heterocycles. The number of nitrogens with zero attached hydrogens (tertiary/aromatic N) is 2. The van der Waals surface area contributed by atoms with Crippen molar-refractivity contribution in [2.45, 2.75) is 25.2 Å². The summed E-state index contributed by atoms with van der Waals surface area (Å²) >= 11 is 0. The number of hydrogen-bond donors (Lipinski definition) is 1. The maximum Gasteiger partial charge on any atom is 0.253 e. The number of ether oxygens (including phenoxy) is 2. The van der Waals surface area contributed by atoms with Gasteiger partial charge in [-0.15, -0.1) is 0 Å². The third kappa shape index (κ3) is 4.34. The molecule has 1 aliphatic rings. The van der Waals surface area contributed by atoms with Crippen LogP contribution in [0.25, 0.3) is 0 Å². The number of aromatic nitrogens is 2. The second kappa shape index (κ2) is 7.80. The molecule has 0 spiro atoms. The molecule has 1 N–H and O–H groups in total. The number of benzene rings is 1. The summed E-state index contributed by atoms with van der Waals surface area (Å²) in [5.41, 5.74) is 1.59. The number of hydrogen-bond acceptors (Lipinski definition) is 5. The molecule has 2 aromatic rings. The first-order valence-electron chi connectivity index (χ1n) is 7.64. The van der Waals surface area contributed by atoms with E-state index in [1.54, 1.807) is 6.07 Å². The molecule has 0 saturated carbocycles. The monoisotopic (exact) mass is 313 g/mol. The smallest absolute Gasteiger partial charge is 0.253 e. The second-order valence-electron chi connectivity index (χ2n) is 5.41. The highest BCUT2D eigenvalue weighted by molar-refractivity contribution is 5.93. The number of nitrogens with one attached hydrogen (secondary N) is 1. The maximum absolute atomic E-state index is 12.3. The van der Waals surface area contributed by atoms with Crippen LogP contribution in [-0.2, 0) is 16.1 Å². The summed E-state index contributed by atoms with van der Waals surface area (Å²) < 4.78 is 11.4. The highest BCUT2D eigenvalue weighted by Crippen LogP contribution is 2.14. The van der Waals surface area contributed by atoms with Gasteiger partial charge in [0.05, 0.1) is 37.2 Å². The third-order valence-corrected chi connectivity index (χ3v) is 3.77. The van der Waals surface area contributed by atoms with E-state index in [0.717, 1.165) is 12.0 Å². The van der Waals surface area contributed by atoms with Crippen LogP contribution in [-0.4, -0.2) is 41.5 Å². The lowest BCUT2D eigenvalue weighted by atomic mass is 10.1. The highest BCUT2D eigenvalue weighted by atomic mass is 16.5. The molecule has 1 amide bonds. The predicted molar refractivity (Wildman–Crippen MR) is 83.7 cm³/mol. The Kier molecular flexibility index (Phi) is 5.29. The molecule has 23 heavy (non-hydrogen) atoms. The molecule has 1 aromatic carbocycles. The van der Waals surface area contributed by atoms with E-state index >= 15 is 0 Å². The Balaban J connectivity index is 1.59. The minimum atomic E-state index is -0.167. The number of rotatable bonds is 5. The first kappa shape index (κ1) is 15.6. The van der Waals surface area contributed by atoms with Crippen LogP contribution < -0.4 is 5.32 Å². The van der Waals surface area contributed by atoms with Gasteiger partial charge in [0.15, 0.2) is 0 Å². The normalized spacial score (nSPS) is 20.9. The Morgan fingerprint density at radius 1 is 1.26 bits per heavy atom. The largest absolute Gasteiger partial charge is 0.379 e. The molecule has 1 aliphatic heterocycles. The Hall–Kier alpha value is -2.31. The van der Waals surface area contributed by atoms with Crippen LogP contribution in [0.1, 0.15) is 22.3 Å². The number of carbonyl (C=O) groups excluding carboxylic acids is 1. The summed E-state index contributed by atoms with van der Waals surface area (Å²) in [6.07, 6.45) is 3.52. The zero-order chi connectivity index (χ0) is 15.9. The molecule has 0 unspecified atom stereocenters. The molecule has 0 radical (unpaired) electrons. The molecule has 1 saturated heterocycles. The minimum Gasteiger partial charge on any atom is -0.379 e. The Bertz CT molecular complexity index is 621. The van der Waals surface area contributed by atoms with Gasteiger partial charge in [0.1, 0.15) is 6.10 Å². The zero-order valence-corrected chi connectivity index (χ0v) is 12.7. The number of carbonyl (C=O) groups is 1. The van der Waals surface area contributed by atoms with E-state index in [1.165, 1.54) is 12.4 Å². The molecule has 1 fully saturated rings. The lowest BCUT2D eigenvalue weighted by Crippen LogP contribution is -2.50. The summed E-state index contributed by atoms with van der Waals surface area (Å²) in [7, 11) is 0. The van der Waals surface area contributed by atoms with Gasteiger partial charge in [-0.25, -0.2) is 0 Å². The van der Waals surface area contributed by atoms with E-state index in [0.29, 0.717) is 25.4 Å². The van der Waals surface area contributed by atoms with Crippen molar-refractivity contribution in [2.24, 2.45) is 0 Å².